The zero-order valence-electron chi connectivity index (χ0n) is 7.58. The van der Waals surface area contributed by atoms with Gasteiger partial charge in [-0.15, -0.1) is 0 Å². The molecule has 1 heterocycles. The summed E-state index contributed by atoms with van der Waals surface area (Å²) >= 11 is 0. The van der Waals surface area contributed by atoms with Crippen LogP contribution in [0.1, 0.15) is 19.8 Å². The summed E-state index contributed by atoms with van der Waals surface area (Å²) in [6.07, 6.45) is 1.10. The lowest BCUT2D eigenvalue weighted by molar-refractivity contribution is -0.148. The Morgan fingerprint density at radius 2 is 2.38 bits per heavy atom. The fourth-order valence-electron chi connectivity index (χ4n) is 1.25. The molecule has 1 saturated heterocycles. The van der Waals surface area contributed by atoms with Crippen molar-refractivity contribution in [3.05, 3.63) is 0 Å². The Kier molecular flexibility index (Phi) is 3.25. The number of nitrogens with two attached hydrogens (primary N) is 1. The zero-order chi connectivity index (χ0) is 9.84. The SMILES string of the molecule is CCOC(=O)[C@@H]1CC[C@H](N)C(=O)N1. The summed E-state index contributed by atoms with van der Waals surface area (Å²) < 4.78 is 4.77. The summed E-state index contributed by atoms with van der Waals surface area (Å²) in [5.41, 5.74) is 5.45. The van der Waals surface area contributed by atoms with Crippen molar-refractivity contribution in [2.45, 2.75) is 31.8 Å². The molecule has 3 N–H and O–H groups in total. The minimum Gasteiger partial charge on any atom is -0.464 e. The molecule has 0 radical (unpaired) electrons. The van der Waals surface area contributed by atoms with Crippen LogP contribution >= 0.6 is 0 Å². The topological polar surface area (TPSA) is 81.4 Å². The molecule has 1 amide bonds. The first-order valence-corrected chi connectivity index (χ1v) is 4.37. The first-order valence-electron chi connectivity index (χ1n) is 4.37. The first kappa shape index (κ1) is 9.98. The molecule has 2 atom stereocenters. The van der Waals surface area contributed by atoms with E-state index in [1.165, 1.54) is 0 Å². The van der Waals surface area contributed by atoms with Crippen LogP contribution in [0, 0.1) is 0 Å². The average molecular weight is 186 g/mol. The number of hydrogen-bond acceptors (Lipinski definition) is 4. The molecule has 0 aromatic rings. The summed E-state index contributed by atoms with van der Waals surface area (Å²) in [6, 6.07) is -0.988. The van der Waals surface area contributed by atoms with Crippen molar-refractivity contribution in [3.63, 3.8) is 0 Å². The second-order valence-corrected chi connectivity index (χ2v) is 3.00. The minimum absolute atomic E-state index is 0.274. The van der Waals surface area contributed by atoms with Crippen LogP contribution < -0.4 is 11.1 Å². The van der Waals surface area contributed by atoms with Crippen LogP contribution in [0.3, 0.4) is 0 Å². The summed E-state index contributed by atoms with van der Waals surface area (Å²) in [5, 5.41) is 2.51. The molecule has 1 rings (SSSR count). The number of rotatable bonds is 2. The van der Waals surface area contributed by atoms with Gasteiger partial charge in [-0.25, -0.2) is 4.79 Å². The maximum absolute atomic E-state index is 11.2. The van der Waals surface area contributed by atoms with E-state index in [2.05, 4.69) is 5.32 Å². The van der Waals surface area contributed by atoms with Crippen molar-refractivity contribution in [3.8, 4) is 0 Å². The lowest BCUT2D eigenvalue weighted by Gasteiger charge is -2.25. The zero-order valence-corrected chi connectivity index (χ0v) is 7.58. The van der Waals surface area contributed by atoms with Gasteiger partial charge >= 0.3 is 5.97 Å². The molecule has 13 heavy (non-hydrogen) atoms. The molecule has 0 spiro atoms. The molecule has 0 saturated carbocycles. The van der Waals surface area contributed by atoms with Crippen LogP contribution in [0.25, 0.3) is 0 Å². The van der Waals surface area contributed by atoms with E-state index in [4.69, 9.17) is 10.5 Å². The number of esters is 1. The van der Waals surface area contributed by atoms with Crippen LogP contribution in [0.15, 0.2) is 0 Å². The van der Waals surface area contributed by atoms with Gasteiger partial charge in [0.15, 0.2) is 0 Å². The maximum atomic E-state index is 11.2. The smallest absolute Gasteiger partial charge is 0.328 e. The molecule has 1 aliphatic heterocycles. The van der Waals surface area contributed by atoms with E-state index in [-0.39, 0.29) is 11.9 Å². The van der Waals surface area contributed by atoms with Gasteiger partial charge < -0.3 is 15.8 Å². The van der Waals surface area contributed by atoms with Crippen molar-refractivity contribution in [2.75, 3.05) is 6.61 Å². The predicted octanol–water partition coefficient (Wildman–Crippen LogP) is -0.845. The van der Waals surface area contributed by atoms with Gasteiger partial charge in [0.25, 0.3) is 0 Å². The van der Waals surface area contributed by atoms with E-state index in [1.807, 2.05) is 0 Å². The van der Waals surface area contributed by atoms with Crippen LogP contribution in [-0.2, 0) is 14.3 Å². The van der Waals surface area contributed by atoms with Gasteiger partial charge in [0.05, 0.1) is 12.6 Å². The monoisotopic (exact) mass is 186 g/mol. The fraction of sp³-hybridized carbons (Fsp3) is 0.750. The highest BCUT2D eigenvalue weighted by atomic mass is 16.5. The second-order valence-electron chi connectivity index (χ2n) is 3.00. The lowest BCUT2D eigenvalue weighted by atomic mass is 10.0. The molecule has 5 nitrogen and oxygen atoms in total. The third-order valence-electron chi connectivity index (χ3n) is 1.99. The van der Waals surface area contributed by atoms with E-state index in [9.17, 15) is 9.59 Å². The lowest BCUT2D eigenvalue weighted by Crippen LogP contribution is -2.53. The van der Waals surface area contributed by atoms with E-state index in [0.29, 0.717) is 19.4 Å². The average Bonchev–Trinajstić information content (AvgIpc) is 2.10. The van der Waals surface area contributed by atoms with Gasteiger partial charge in [-0.2, -0.15) is 0 Å². The summed E-state index contributed by atoms with van der Waals surface area (Å²) in [7, 11) is 0. The molecule has 5 heteroatoms. The quantitative estimate of drug-likeness (QED) is 0.551. The molecule has 1 fully saturated rings. The standard InChI is InChI=1S/C8H14N2O3/c1-2-13-8(12)6-4-3-5(9)7(11)10-6/h5-6H,2-4,9H2,1H3,(H,10,11)/t5-,6-/m0/s1. The number of piperidine rings is 1. The van der Waals surface area contributed by atoms with Crippen molar-refractivity contribution in [1.29, 1.82) is 0 Å². The van der Waals surface area contributed by atoms with E-state index >= 15 is 0 Å². The van der Waals surface area contributed by atoms with Gasteiger partial charge in [0.1, 0.15) is 6.04 Å². The maximum Gasteiger partial charge on any atom is 0.328 e. The van der Waals surface area contributed by atoms with Crippen LogP contribution in [0.4, 0.5) is 0 Å². The number of amides is 1. The molecule has 0 aliphatic carbocycles. The highest BCUT2D eigenvalue weighted by molar-refractivity contribution is 5.88. The van der Waals surface area contributed by atoms with E-state index in [0.717, 1.165) is 0 Å². The molecule has 0 aromatic heterocycles. The Morgan fingerprint density at radius 3 is 2.92 bits per heavy atom. The number of ether oxygens (including phenoxy) is 1. The largest absolute Gasteiger partial charge is 0.464 e. The van der Waals surface area contributed by atoms with Crippen molar-refractivity contribution < 1.29 is 14.3 Å². The molecule has 0 unspecified atom stereocenters. The highest BCUT2D eigenvalue weighted by Crippen LogP contribution is 2.08. The Hall–Kier alpha value is -1.10. The first-order chi connectivity index (χ1) is 6.15. The van der Waals surface area contributed by atoms with E-state index in [1.54, 1.807) is 6.92 Å². The van der Waals surface area contributed by atoms with Gasteiger partial charge in [-0.1, -0.05) is 0 Å². The summed E-state index contributed by atoms with van der Waals surface area (Å²) in [5.74, 6) is -0.646. The number of carbonyl (C=O) groups is 2. The predicted molar refractivity (Wildman–Crippen MR) is 45.8 cm³/mol. The Bertz CT molecular complexity index is 217. The van der Waals surface area contributed by atoms with Crippen LogP contribution in [0.2, 0.25) is 0 Å². The molecular formula is C8H14N2O3. The third kappa shape index (κ3) is 2.42. The molecule has 0 bridgehead atoms. The highest BCUT2D eigenvalue weighted by Gasteiger charge is 2.30. The van der Waals surface area contributed by atoms with Crippen LogP contribution in [-0.4, -0.2) is 30.6 Å². The molecule has 74 valence electrons. The van der Waals surface area contributed by atoms with Crippen molar-refractivity contribution in [1.82, 2.24) is 5.32 Å². The second kappa shape index (κ2) is 4.23. The van der Waals surface area contributed by atoms with Crippen LogP contribution in [0.5, 0.6) is 0 Å². The van der Waals surface area contributed by atoms with Gasteiger partial charge in [-0.3, -0.25) is 4.79 Å². The number of carbonyl (C=O) groups excluding carboxylic acids is 2. The summed E-state index contributed by atoms with van der Waals surface area (Å²) in [4.78, 5) is 22.2. The van der Waals surface area contributed by atoms with E-state index < -0.39 is 12.1 Å². The molecule has 0 aromatic carbocycles. The fourth-order valence-corrected chi connectivity index (χ4v) is 1.25. The van der Waals surface area contributed by atoms with Gasteiger partial charge in [0.2, 0.25) is 5.91 Å². The van der Waals surface area contributed by atoms with Gasteiger partial charge in [0, 0.05) is 0 Å². The Labute approximate surface area is 76.6 Å². The summed E-state index contributed by atoms with van der Waals surface area (Å²) in [6.45, 7) is 2.06. The Balaban J connectivity index is 2.45. The van der Waals surface area contributed by atoms with Crippen molar-refractivity contribution in [2.24, 2.45) is 5.73 Å². The van der Waals surface area contributed by atoms with Gasteiger partial charge in [-0.05, 0) is 19.8 Å². The third-order valence-corrected chi connectivity index (χ3v) is 1.99. The molecular weight excluding hydrogens is 172 g/mol. The minimum atomic E-state index is -0.507. The number of hydrogen-bond donors (Lipinski definition) is 2. The Morgan fingerprint density at radius 1 is 1.69 bits per heavy atom. The number of nitrogens with one attached hydrogen (secondary N) is 1. The normalized spacial score (nSPS) is 28.0. The van der Waals surface area contributed by atoms with Crippen molar-refractivity contribution >= 4 is 11.9 Å². The molecule has 1 aliphatic rings.